The molecule has 4 atom stereocenters. The van der Waals surface area contributed by atoms with Crippen molar-refractivity contribution in [1.82, 2.24) is 19.6 Å². The van der Waals surface area contributed by atoms with Crippen LogP contribution >= 0.6 is 0 Å². The largest absolute Gasteiger partial charge is 0.340 e. The molecule has 4 saturated heterocycles. The summed E-state index contributed by atoms with van der Waals surface area (Å²) in [6.07, 6.45) is 14.2. The predicted molar refractivity (Wildman–Crippen MR) is 121 cm³/mol. The van der Waals surface area contributed by atoms with Crippen LogP contribution in [0.1, 0.15) is 70.6 Å². The molecule has 5 aliphatic rings. The summed E-state index contributed by atoms with van der Waals surface area (Å²) in [5.41, 5.74) is 0. The third kappa shape index (κ3) is 4.31. The van der Waals surface area contributed by atoms with Crippen molar-refractivity contribution in [2.75, 3.05) is 52.9 Å². The molecule has 5 rings (SSSR count). The van der Waals surface area contributed by atoms with Crippen LogP contribution in [0.25, 0.3) is 0 Å². The van der Waals surface area contributed by atoms with E-state index in [2.05, 4.69) is 26.6 Å². The van der Waals surface area contributed by atoms with Crippen LogP contribution < -0.4 is 0 Å². The minimum atomic E-state index is 0.417. The van der Waals surface area contributed by atoms with Gasteiger partial charge in [-0.1, -0.05) is 12.8 Å². The minimum Gasteiger partial charge on any atom is -0.340 e. The Kier molecular flexibility index (Phi) is 6.69. The molecule has 0 aromatic heterocycles. The lowest BCUT2D eigenvalue weighted by atomic mass is 9.69. The zero-order valence-corrected chi connectivity index (χ0v) is 19.3. The second-order valence-electron chi connectivity index (χ2n) is 11.0. The molecule has 170 valence electrons. The van der Waals surface area contributed by atoms with Gasteiger partial charge in [-0.25, -0.2) is 0 Å². The Bertz CT molecular complexity index is 582. The molecule has 0 bridgehead atoms. The average Bonchev–Trinajstić information content (AvgIpc) is 3.31. The number of carbonyl (C=O) groups is 1. The van der Waals surface area contributed by atoms with Gasteiger partial charge in [0.05, 0.1) is 0 Å². The lowest BCUT2D eigenvalue weighted by molar-refractivity contribution is -0.133. The standard InChI is InChI=1S/C25H44N4O/c1-26-19-20-7-5-13-29-14-6-10-22(25(20)29)23(26)11-4-12-24(30)28-17-15-27(16-18-28)21-8-2-3-9-21/h20-23,25H,2-19H2,1H3/t20-,22+,23+,25-/m0/s1. The maximum Gasteiger partial charge on any atom is 0.222 e. The predicted octanol–water partition coefficient (Wildman–Crippen LogP) is 3.05. The molecule has 0 aromatic rings. The molecule has 0 spiro atoms. The summed E-state index contributed by atoms with van der Waals surface area (Å²) in [5, 5.41) is 0. The number of nitrogens with zero attached hydrogens (tertiary/aromatic N) is 4. The van der Waals surface area contributed by atoms with E-state index in [1.807, 2.05) is 0 Å². The van der Waals surface area contributed by atoms with Crippen LogP contribution in [0.5, 0.6) is 0 Å². The van der Waals surface area contributed by atoms with Crippen LogP contribution in [0.2, 0.25) is 0 Å². The second kappa shape index (κ2) is 9.46. The molecule has 1 aliphatic carbocycles. The normalized spacial score (nSPS) is 36.8. The van der Waals surface area contributed by atoms with Gasteiger partial charge in [-0.15, -0.1) is 0 Å². The first-order valence-electron chi connectivity index (χ1n) is 13.2. The quantitative estimate of drug-likeness (QED) is 0.689. The highest BCUT2D eigenvalue weighted by Gasteiger charge is 2.47. The molecule has 0 N–H and O–H groups in total. The third-order valence-electron chi connectivity index (χ3n) is 9.33. The van der Waals surface area contributed by atoms with Crippen LogP contribution in [-0.4, -0.2) is 96.5 Å². The van der Waals surface area contributed by atoms with Crippen molar-refractivity contribution in [3.05, 3.63) is 0 Å². The number of likely N-dealkylation sites (tertiary alicyclic amines) is 1. The van der Waals surface area contributed by atoms with E-state index in [9.17, 15) is 4.79 Å². The first-order chi connectivity index (χ1) is 14.7. The molecular weight excluding hydrogens is 372 g/mol. The fraction of sp³-hybridized carbons (Fsp3) is 0.960. The SMILES string of the molecule is CN1C[C@@H]2CCCN3CCC[C@@H]([C@H]23)[C@H]1CCCC(=O)N1CCN(C2CCCC2)CC1. The van der Waals surface area contributed by atoms with Gasteiger partial charge < -0.3 is 9.80 Å². The molecular formula is C25H44N4O. The molecule has 1 amide bonds. The molecule has 5 heteroatoms. The van der Waals surface area contributed by atoms with E-state index < -0.39 is 0 Å². The van der Waals surface area contributed by atoms with E-state index in [1.54, 1.807) is 0 Å². The maximum absolute atomic E-state index is 12.9. The Morgan fingerprint density at radius 3 is 2.33 bits per heavy atom. The first kappa shape index (κ1) is 21.2. The zero-order valence-electron chi connectivity index (χ0n) is 19.3. The van der Waals surface area contributed by atoms with Gasteiger partial charge in [0, 0.05) is 57.3 Å². The van der Waals surface area contributed by atoms with E-state index in [0.717, 1.165) is 62.9 Å². The number of hydrogen-bond donors (Lipinski definition) is 0. The van der Waals surface area contributed by atoms with Crippen molar-refractivity contribution in [3.8, 4) is 0 Å². The highest BCUT2D eigenvalue weighted by molar-refractivity contribution is 5.76. The first-order valence-corrected chi connectivity index (χ1v) is 13.2. The summed E-state index contributed by atoms with van der Waals surface area (Å²) in [6.45, 7) is 8.06. The minimum absolute atomic E-state index is 0.417. The van der Waals surface area contributed by atoms with Crippen molar-refractivity contribution < 1.29 is 4.79 Å². The lowest BCUT2D eigenvalue weighted by Gasteiger charge is -2.57. The Balaban J connectivity index is 1.09. The molecule has 5 fully saturated rings. The van der Waals surface area contributed by atoms with E-state index in [1.165, 1.54) is 77.4 Å². The zero-order chi connectivity index (χ0) is 20.5. The van der Waals surface area contributed by atoms with Crippen molar-refractivity contribution in [1.29, 1.82) is 0 Å². The fourth-order valence-corrected chi connectivity index (χ4v) is 7.87. The summed E-state index contributed by atoms with van der Waals surface area (Å²) in [4.78, 5) is 23.2. The molecule has 30 heavy (non-hydrogen) atoms. The van der Waals surface area contributed by atoms with Gasteiger partial charge in [-0.3, -0.25) is 14.6 Å². The molecule has 4 aliphatic heterocycles. The van der Waals surface area contributed by atoms with Gasteiger partial charge in [0.2, 0.25) is 5.91 Å². The van der Waals surface area contributed by atoms with E-state index >= 15 is 0 Å². The van der Waals surface area contributed by atoms with Crippen LogP contribution in [-0.2, 0) is 4.79 Å². The molecule has 1 saturated carbocycles. The Morgan fingerprint density at radius 2 is 1.57 bits per heavy atom. The number of amides is 1. The summed E-state index contributed by atoms with van der Waals surface area (Å²) in [7, 11) is 2.36. The van der Waals surface area contributed by atoms with Crippen molar-refractivity contribution in [3.63, 3.8) is 0 Å². The molecule has 0 unspecified atom stereocenters. The number of rotatable bonds is 5. The highest BCUT2D eigenvalue weighted by atomic mass is 16.2. The fourth-order valence-electron chi connectivity index (χ4n) is 7.87. The monoisotopic (exact) mass is 416 g/mol. The smallest absolute Gasteiger partial charge is 0.222 e. The Labute approximate surface area is 184 Å². The second-order valence-corrected chi connectivity index (χ2v) is 11.0. The molecule has 0 radical (unpaired) electrons. The Hall–Kier alpha value is -0.650. The lowest BCUT2D eigenvalue weighted by Crippen LogP contribution is -2.63. The van der Waals surface area contributed by atoms with E-state index in [-0.39, 0.29) is 0 Å². The number of piperazine rings is 1. The van der Waals surface area contributed by atoms with Gasteiger partial charge in [-0.05, 0) is 83.3 Å². The molecule has 5 nitrogen and oxygen atoms in total. The van der Waals surface area contributed by atoms with Gasteiger partial charge >= 0.3 is 0 Å². The number of piperidine rings is 3. The van der Waals surface area contributed by atoms with Crippen molar-refractivity contribution in [2.45, 2.75) is 88.8 Å². The van der Waals surface area contributed by atoms with Gasteiger partial charge in [-0.2, -0.15) is 0 Å². The summed E-state index contributed by atoms with van der Waals surface area (Å²) >= 11 is 0. The van der Waals surface area contributed by atoms with Gasteiger partial charge in [0.1, 0.15) is 0 Å². The van der Waals surface area contributed by atoms with Crippen LogP contribution in [0, 0.1) is 11.8 Å². The highest BCUT2D eigenvalue weighted by Crippen LogP contribution is 2.42. The summed E-state index contributed by atoms with van der Waals surface area (Å²) < 4.78 is 0. The van der Waals surface area contributed by atoms with Gasteiger partial charge in [0.25, 0.3) is 0 Å². The third-order valence-corrected chi connectivity index (χ3v) is 9.33. The average molecular weight is 417 g/mol. The molecule has 4 heterocycles. The Morgan fingerprint density at radius 1 is 0.833 bits per heavy atom. The van der Waals surface area contributed by atoms with Crippen LogP contribution in [0.4, 0.5) is 0 Å². The van der Waals surface area contributed by atoms with Crippen LogP contribution in [0.3, 0.4) is 0 Å². The maximum atomic E-state index is 12.9. The van der Waals surface area contributed by atoms with Crippen LogP contribution in [0.15, 0.2) is 0 Å². The topological polar surface area (TPSA) is 30.0 Å². The molecule has 0 aromatic carbocycles. The number of carbonyl (C=O) groups excluding carboxylic acids is 1. The van der Waals surface area contributed by atoms with E-state index in [0.29, 0.717) is 11.9 Å². The summed E-state index contributed by atoms with van der Waals surface area (Å²) in [5.74, 6) is 2.15. The van der Waals surface area contributed by atoms with Crippen molar-refractivity contribution in [2.24, 2.45) is 11.8 Å². The number of hydrogen-bond acceptors (Lipinski definition) is 4. The van der Waals surface area contributed by atoms with Gasteiger partial charge in [0.15, 0.2) is 0 Å². The van der Waals surface area contributed by atoms with E-state index in [4.69, 9.17) is 0 Å². The summed E-state index contributed by atoms with van der Waals surface area (Å²) in [6, 6.07) is 2.34. The van der Waals surface area contributed by atoms with Crippen molar-refractivity contribution >= 4 is 5.91 Å².